The molecule has 2 aliphatic heterocycles. The molecule has 7 nitrogen and oxygen atoms in total. The number of hydrogen-bond donors (Lipinski definition) is 1. The smallest absolute Gasteiger partial charge is 0.381 e. The van der Waals surface area contributed by atoms with E-state index in [0.29, 0.717) is 24.5 Å². The van der Waals surface area contributed by atoms with Gasteiger partial charge in [-0.05, 0) is 56.5 Å². The second-order valence-electron chi connectivity index (χ2n) is 9.92. The van der Waals surface area contributed by atoms with E-state index in [9.17, 15) is 35.6 Å². The maximum absolute atomic E-state index is 14.8. The van der Waals surface area contributed by atoms with E-state index < -0.39 is 51.3 Å². The number of amides is 2. The Morgan fingerprint density at radius 1 is 1.11 bits per heavy atom. The number of aryl methyl sites for hydroxylation is 1. The van der Waals surface area contributed by atoms with Gasteiger partial charge in [-0.15, -0.1) is 0 Å². The highest BCUT2D eigenvalue weighted by atomic mass is 32.2. The van der Waals surface area contributed by atoms with Gasteiger partial charge in [0.15, 0.2) is 9.84 Å². The molecule has 0 saturated carbocycles. The van der Waals surface area contributed by atoms with Gasteiger partial charge in [0.05, 0.1) is 29.7 Å². The molecule has 0 unspecified atom stereocenters. The third kappa shape index (κ3) is 5.56. The molecule has 2 fully saturated rings. The molecular formula is C26H28F4N2O5S. The van der Waals surface area contributed by atoms with E-state index in [0.717, 1.165) is 18.4 Å². The van der Waals surface area contributed by atoms with Crippen molar-refractivity contribution < 1.29 is 40.3 Å². The number of benzene rings is 2. The lowest BCUT2D eigenvalue weighted by molar-refractivity contribution is -0.138. The van der Waals surface area contributed by atoms with Crippen LogP contribution in [-0.2, 0) is 25.5 Å². The van der Waals surface area contributed by atoms with Crippen molar-refractivity contribution in [1.29, 1.82) is 0 Å². The van der Waals surface area contributed by atoms with Crippen LogP contribution in [0.1, 0.15) is 52.9 Å². The summed E-state index contributed by atoms with van der Waals surface area (Å²) in [6.45, 7) is 3.76. The van der Waals surface area contributed by atoms with E-state index in [-0.39, 0.29) is 41.2 Å². The second kappa shape index (κ2) is 10.3. The van der Waals surface area contributed by atoms with Gasteiger partial charge in [-0.1, -0.05) is 12.1 Å². The average Bonchev–Trinajstić information content (AvgIpc) is 3.17. The maximum atomic E-state index is 14.8. The summed E-state index contributed by atoms with van der Waals surface area (Å²) in [6.07, 6.45) is -2.86. The molecule has 2 saturated heterocycles. The Kier molecular flexibility index (Phi) is 7.59. The number of nitrogens with zero attached hydrogens (tertiary/aromatic N) is 1. The van der Waals surface area contributed by atoms with Crippen molar-refractivity contribution in [2.45, 2.75) is 55.9 Å². The van der Waals surface area contributed by atoms with Gasteiger partial charge < -0.3 is 15.0 Å². The number of halogens is 4. The van der Waals surface area contributed by atoms with E-state index in [2.05, 4.69) is 5.32 Å². The van der Waals surface area contributed by atoms with Gasteiger partial charge >= 0.3 is 6.18 Å². The maximum Gasteiger partial charge on any atom is 0.416 e. The predicted octanol–water partition coefficient (Wildman–Crippen LogP) is 4.05. The topological polar surface area (TPSA) is 92.8 Å². The molecule has 0 radical (unpaired) electrons. The third-order valence-corrected chi connectivity index (χ3v) is 8.37. The molecule has 4 rings (SSSR count). The Balaban J connectivity index is 1.60. The number of carbonyl (C=O) groups is 2. The number of likely N-dealkylation sites (tertiary alicyclic amines) is 1. The first-order valence-electron chi connectivity index (χ1n) is 12.1. The van der Waals surface area contributed by atoms with Crippen molar-refractivity contribution in [2.24, 2.45) is 5.92 Å². The first-order valence-corrected chi connectivity index (χ1v) is 14.0. The number of nitrogens with one attached hydrogen (secondary N) is 1. The molecule has 2 aromatic carbocycles. The summed E-state index contributed by atoms with van der Waals surface area (Å²) < 4.78 is 83.4. The van der Waals surface area contributed by atoms with Crippen LogP contribution in [0, 0.1) is 18.7 Å². The Morgan fingerprint density at radius 2 is 1.79 bits per heavy atom. The Morgan fingerprint density at radius 3 is 2.34 bits per heavy atom. The third-order valence-electron chi connectivity index (χ3n) is 7.14. The van der Waals surface area contributed by atoms with Crippen molar-refractivity contribution >= 4 is 21.7 Å². The van der Waals surface area contributed by atoms with E-state index in [4.69, 9.17) is 4.74 Å². The van der Waals surface area contributed by atoms with Crippen molar-refractivity contribution in [2.75, 3.05) is 19.5 Å². The summed E-state index contributed by atoms with van der Waals surface area (Å²) >= 11 is 0. The molecular weight excluding hydrogens is 528 g/mol. The minimum atomic E-state index is -4.72. The fraction of sp³-hybridized carbons (Fsp3) is 0.462. The molecule has 3 atom stereocenters. The van der Waals surface area contributed by atoms with Gasteiger partial charge in [0, 0.05) is 29.3 Å². The molecule has 12 heteroatoms. The van der Waals surface area contributed by atoms with Gasteiger partial charge in [-0.3, -0.25) is 9.59 Å². The number of ether oxygens (including phenoxy) is 1. The SMILES string of the molecule is Cc1ccc(C(=O)N2[C@H](C)CC[C@@H]2C(=O)N[C@@H](c2ccc(C(F)(F)F)cc2F)C2COC2)cc1S(C)(=O)=O. The highest BCUT2D eigenvalue weighted by molar-refractivity contribution is 7.90. The first-order chi connectivity index (χ1) is 17.7. The number of alkyl halides is 3. The molecule has 2 amide bonds. The zero-order chi connectivity index (χ0) is 28.0. The summed E-state index contributed by atoms with van der Waals surface area (Å²) in [5.74, 6) is -2.56. The fourth-order valence-corrected chi connectivity index (χ4v) is 5.96. The lowest BCUT2D eigenvalue weighted by Crippen LogP contribution is -2.51. The summed E-state index contributed by atoms with van der Waals surface area (Å²) in [6, 6.07) is 4.27. The first kappa shape index (κ1) is 28.0. The predicted molar refractivity (Wildman–Crippen MR) is 130 cm³/mol. The van der Waals surface area contributed by atoms with Crippen LogP contribution in [0.3, 0.4) is 0 Å². The van der Waals surface area contributed by atoms with Crippen LogP contribution in [0.4, 0.5) is 17.6 Å². The summed E-state index contributed by atoms with van der Waals surface area (Å²) in [5.41, 5.74) is -0.640. The standard InChI is InChI=1S/C26H28F4N2O5S/c1-14-4-6-16(10-22(14)38(3,35)36)25(34)32-15(2)5-9-21(32)24(33)31-23(17-12-37-13-17)19-8-7-18(11-20(19)27)26(28,29)30/h4,6-8,10-11,15,17,21,23H,5,9,12-13H2,1-3H3,(H,31,33)/t15-,21-,23-/m1/s1. The van der Waals surface area contributed by atoms with Crippen LogP contribution in [0.2, 0.25) is 0 Å². The molecule has 0 bridgehead atoms. The van der Waals surface area contributed by atoms with E-state index in [1.807, 2.05) is 0 Å². The van der Waals surface area contributed by atoms with E-state index >= 15 is 0 Å². The van der Waals surface area contributed by atoms with Crippen LogP contribution in [0.15, 0.2) is 41.3 Å². The van der Waals surface area contributed by atoms with Crippen molar-refractivity contribution in [1.82, 2.24) is 10.2 Å². The van der Waals surface area contributed by atoms with Crippen LogP contribution in [-0.4, -0.2) is 56.7 Å². The van der Waals surface area contributed by atoms with Crippen LogP contribution in [0.5, 0.6) is 0 Å². The highest BCUT2D eigenvalue weighted by Gasteiger charge is 2.42. The van der Waals surface area contributed by atoms with Crippen molar-refractivity contribution in [3.8, 4) is 0 Å². The molecule has 2 aromatic rings. The zero-order valence-corrected chi connectivity index (χ0v) is 21.8. The number of sulfone groups is 1. The molecule has 2 heterocycles. The minimum absolute atomic E-state index is 0.0130. The monoisotopic (exact) mass is 556 g/mol. The Labute approximate surface area is 218 Å². The summed E-state index contributed by atoms with van der Waals surface area (Å²) in [4.78, 5) is 28.3. The summed E-state index contributed by atoms with van der Waals surface area (Å²) in [5, 5.41) is 2.75. The van der Waals surface area contributed by atoms with Gasteiger partial charge in [-0.25, -0.2) is 12.8 Å². The fourth-order valence-electron chi connectivity index (χ4n) is 4.97. The molecule has 0 spiro atoms. The quantitative estimate of drug-likeness (QED) is 0.542. The number of rotatable bonds is 6. The van der Waals surface area contributed by atoms with Gasteiger partial charge in [0.25, 0.3) is 5.91 Å². The van der Waals surface area contributed by atoms with Gasteiger partial charge in [-0.2, -0.15) is 13.2 Å². The number of carbonyl (C=O) groups excluding carboxylic acids is 2. The molecule has 38 heavy (non-hydrogen) atoms. The normalized spacial score (nSPS) is 21.2. The molecule has 206 valence electrons. The largest absolute Gasteiger partial charge is 0.416 e. The molecule has 2 aliphatic rings. The second-order valence-corrected chi connectivity index (χ2v) is 11.9. The Hall–Kier alpha value is -2.99. The van der Waals surface area contributed by atoms with Gasteiger partial charge in [0.2, 0.25) is 5.91 Å². The van der Waals surface area contributed by atoms with Crippen LogP contribution >= 0.6 is 0 Å². The van der Waals surface area contributed by atoms with E-state index in [1.165, 1.54) is 23.1 Å². The average molecular weight is 557 g/mol. The lowest BCUT2D eigenvalue weighted by atomic mass is 9.90. The molecule has 0 aromatic heterocycles. The zero-order valence-electron chi connectivity index (χ0n) is 21.0. The van der Waals surface area contributed by atoms with E-state index in [1.54, 1.807) is 13.8 Å². The summed E-state index contributed by atoms with van der Waals surface area (Å²) in [7, 11) is -3.59. The van der Waals surface area contributed by atoms with Crippen LogP contribution in [0.25, 0.3) is 0 Å². The van der Waals surface area contributed by atoms with Crippen molar-refractivity contribution in [3.05, 3.63) is 64.5 Å². The van der Waals surface area contributed by atoms with Crippen LogP contribution < -0.4 is 5.32 Å². The Bertz CT molecular complexity index is 1360. The minimum Gasteiger partial charge on any atom is -0.381 e. The molecule has 0 aliphatic carbocycles. The molecule has 1 N–H and O–H groups in total. The number of hydrogen-bond acceptors (Lipinski definition) is 5. The van der Waals surface area contributed by atoms with Crippen molar-refractivity contribution in [3.63, 3.8) is 0 Å². The lowest BCUT2D eigenvalue weighted by Gasteiger charge is -2.36. The van der Waals surface area contributed by atoms with Gasteiger partial charge in [0.1, 0.15) is 11.9 Å². The highest BCUT2D eigenvalue weighted by Crippen LogP contribution is 2.35.